The molecule has 3 rings (SSSR count). The van der Waals surface area contributed by atoms with Crippen LogP contribution >= 0.6 is 15.9 Å². The van der Waals surface area contributed by atoms with Gasteiger partial charge >= 0.3 is 6.18 Å². The molecular weight excluding hydrogens is 433 g/mol. The highest BCUT2D eigenvalue weighted by Crippen LogP contribution is 2.33. The summed E-state index contributed by atoms with van der Waals surface area (Å²) >= 11 is 3.41. The van der Waals surface area contributed by atoms with E-state index in [9.17, 15) is 13.2 Å². The molecule has 1 heterocycles. The zero-order valence-corrected chi connectivity index (χ0v) is 17.1. The highest BCUT2D eigenvalue weighted by atomic mass is 79.9. The predicted octanol–water partition coefficient (Wildman–Crippen LogP) is 6.86. The van der Waals surface area contributed by atoms with Gasteiger partial charge < -0.3 is 9.84 Å². The van der Waals surface area contributed by atoms with Crippen molar-refractivity contribution in [2.45, 2.75) is 38.9 Å². The van der Waals surface area contributed by atoms with Gasteiger partial charge in [0.15, 0.2) is 5.76 Å². The van der Waals surface area contributed by atoms with Crippen molar-refractivity contribution in [2.24, 2.45) is 0 Å². The zero-order valence-electron chi connectivity index (χ0n) is 15.5. The van der Waals surface area contributed by atoms with Gasteiger partial charge in [0.2, 0.25) is 0 Å². The van der Waals surface area contributed by atoms with Crippen LogP contribution in [0.1, 0.15) is 30.2 Å². The summed E-state index contributed by atoms with van der Waals surface area (Å²) in [6, 6.07) is 13.2. The van der Waals surface area contributed by atoms with Gasteiger partial charge in [-0.2, -0.15) is 13.2 Å². The van der Waals surface area contributed by atoms with Gasteiger partial charge in [0.25, 0.3) is 0 Å². The van der Waals surface area contributed by atoms with Crippen molar-refractivity contribution in [3.05, 3.63) is 69.8 Å². The highest BCUT2D eigenvalue weighted by molar-refractivity contribution is 9.10. The van der Waals surface area contributed by atoms with Crippen LogP contribution in [0.2, 0.25) is 0 Å². The summed E-state index contributed by atoms with van der Waals surface area (Å²) in [5, 5.41) is 7.45. The molecule has 28 heavy (non-hydrogen) atoms. The van der Waals surface area contributed by atoms with Crippen LogP contribution < -0.4 is 5.32 Å². The van der Waals surface area contributed by atoms with Crippen LogP contribution in [0.4, 0.5) is 18.9 Å². The van der Waals surface area contributed by atoms with Crippen LogP contribution in [-0.4, -0.2) is 11.2 Å². The molecule has 0 aliphatic carbocycles. The van der Waals surface area contributed by atoms with E-state index in [1.54, 1.807) is 6.07 Å². The predicted molar refractivity (Wildman–Crippen MR) is 107 cm³/mol. The van der Waals surface area contributed by atoms with E-state index in [1.807, 2.05) is 38.1 Å². The molecule has 1 N–H and O–H groups in total. The van der Waals surface area contributed by atoms with Crippen LogP contribution in [0.15, 0.2) is 57.5 Å². The third-order valence-corrected chi connectivity index (χ3v) is 5.01. The molecule has 0 radical (unpaired) electrons. The molecule has 1 atom stereocenters. The van der Waals surface area contributed by atoms with Crippen molar-refractivity contribution in [3.8, 4) is 11.3 Å². The fraction of sp³-hybridized carbons (Fsp3) is 0.286. The summed E-state index contributed by atoms with van der Waals surface area (Å²) in [7, 11) is 0. The van der Waals surface area contributed by atoms with E-state index in [4.69, 9.17) is 4.52 Å². The molecule has 0 amide bonds. The quantitative estimate of drug-likeness (QED) is 0.443. The minimum Gasteiger partial charge on any atom is -0.378 e. The smallest absolute Gasteiger partial charge is 0.378 e. The summed E-state index contributed by atoms with van der Waals surface area (Å²) in [6.45, 7) is 3.85. The summed E-state index contributed by atoms with van der Waals surface area (Å²) in [6.07, 6.45) is -3.11. The number of hydrogen-bond acceptors (Lipinski definition) is 3. The van der Waals surface area contributed by atoms with E-state index in [0.717, 1.165) is 27.5 Å². The third kappa shape index (κ3) is 4.95. The maximum atomic E-state index is 12.9. The number of nitrogens with zero attached hydrogens (tertiary/aromatic N) is 1. The number of alkyl halides is 3. The number of halogens is 4. The number of nitrogens with one attached hydrogen (secondary N) is 1. The first-order chi connectivity index (χ1) is 13.2. The molecular formula is C21H20BrF3N2O. The summed E-state index contributed by atoms with van der Waals surface area (Å²) in [5.74, 6) is 0.649. The molecule has 0 bridgehead atoms. The molecule has 3 aromatic rings. The van der Waals surface area contributed by atoms with Gasteiger partial charge in [-0.3, -0.25) is 0 Å². The summed E-state index contributed by atoms with van der Waals surface area (Å²) < 4.78 is 45.0. The van der Waals surface area contributed by atoms with Gasteiger partial charge in [0.05, 0.1) is 5.56 Å². The lowest BCUT2D eigenvalue weighted by atomic mass is 10.0. The normalized spacial score (nSPS) is 12.8. The zero-order chi connectivity index (χ0) is 20.3. The van der Waals surface area contributed by atoms with E-state index < -0.39 is 11.7 Å². The second kappa shape index (κ2) is 8.39. The molecule has 7 heteroatoms. The van der Waals surface area contributed by atoms with E-state index in [1.165, 1.54) is 12.1 Å². The van der Waals surface area contributed by atoms with Gasteiger partial charge in [-0.15, -0.1) is 0 Å². The highest BCUT2D eigenvalue weighted by Gasteiger charge is 2.30. The molecule has 1 unspecified atom stereocenters. The molecule has 148 valence electrons. The Hall–Kier alpha value is -2.28. The number of rotatable bonds is 6. The molecule has 0 fully saturated rings. The SMILES string of the molecule is Cc1noc(-c2ccc(Br)cc2)c1NC(C)CCc1cccc(C(F)(F)F)c1. The molecule has 0 saturated carbocycles. The molecule has 0 aliphatic rings. The van der Waals surface area contributed by atoms with Crippen LogP contribution in [0.3, 0.4) is 0 Å². The van der Waals surface area contributed by atoms with Crippen molar-refractivity contribution in [1.29, 1.82) is 0 Å². The van der Waals surface area contributed by atoms with Crippen LogP contribution in [0, 0.1) is 6.92 Å². The molecule has 0 saturated heterocycles. The lowest BCUT2D eigenvalue weighted by Gasteiger charge is -2.16. The Morgan fingerprint density at radius 3 is 2.54 bits per heavy atom. The lowest BCUT2D eigenvalue weighted by Crippen LogP contribution is -2.17. The Morgan fingerprint density at radius 2 is 1.86 bits per heavy atom. The van der Waals surface area contributed by atoms with Gasteiger partial charge in [-0.05, 0) is 62.6 Å². The van der Waals surface area contributed by atoms with E-state index in [2.05, 4.69) is 26.4 Å². The molecule has 2 aromatic carbocycles. The largest absolute Gasteiger partial charge is 0.416 e. The van der Waals surface area contributed by atoms with E-state index in [-0.39, 0.29) is 6.04 Å². The van der Waals surface area contributed by atoms with E-state index in [0.29, 0.717) is 24.2 Å². The molecule has 1 aromatic heterocycles. The lowest BCUT2D eigenvalue weighted by molar-refractivity contribution is -0.137. The standard InChI is InChI=1S/C21H20BrF3N2O/c1-13(6-7-15-4-3-5-17(12-15)21(23,24)25)26-19-14(2)27-28-20(19)16-8-10-18(22)11-9-16/h3-5,8-13,26H,6-7H2,1-2H3. The first-order valence-corrected chi connectivity index (χ1v) is 9.68. The van der Waals surface area contributed by atoms with Gasteiger partial charge in [0.1, 0.15) is 11.4 Å². The summed E-state index contributed by atoms with van der Waals surface area (Å²) in [5.41, 5.74) is 2.50. The van der Waals surface area contributed by atoms with E-state index >= 15 is 0 Å². The maximum Gasteiger partial charge on any atom is 0.416 e. The number of benzene rings is 2. The molecule has 0 aliphatic heterocycles. The third-order valence-electron chi connectivity index (χ3n) is 4.48. The first kappa shape index (κ1) is 20.5. The van der Waals surface area contributed by atoms with Gasteiger partial charge in [-0.1, -0.05) is 39.3 Å². The minimum atomic E-state index is -4.32. The molecule has 3 nitrogen and oxygen atoms in total. The monoisotopic (exact) mass is 452 g/mol. The Balaban J connectivity index is 1.68. The number of hydrogen-bond donors (Lipinski definition) is 1. The van der Waals surface area contributed by atoms with Crippen molar-refractivity contribution in [2.75, 3.05) is 5.32 Å². The fourth-order valence-electron chi connectivity index (χ4n) is 2.94. The summed E-state index contributed by atoms with van der Waals surface area (Å²) in [4.78, 5) is 0. The van der Waals surface area contributed by atoms with Crippen molar-refractivity contribution in [1.82, 2.24) is 5.16 Å². The van der Waals surface area contributed by atoms with Crippen LogP contribution in [0.25, 0.3) is 11.3 Å². The molecule has 0 spiro atoms. The fourth-order valence-corrected chi connectivity index (χ4v) is 3.21. The topological polar surface area (TPSA) is 38.1 Å². The average molecular weight is 453 g/mol. The number of anilines is 1. The van der Waals surface area contributed by atoms with Crippen molar-refractivity contribution in [3.63, 3.8) is 0 Å². The second-order valence-electron chi connectivity index (χ2n) is 6.76. The number of aromatic nitrogens is 1. The average Bonchev–Trinajstić information content (AvgIpc) is 3.01. The maximum absolute atomic E-state index is 12.9. The second-order valence-corrected chi connectivity index (χ2v) is 7.68. The number of aryl methyl sites for hydroxylation is 2. The Bertz CT molecular complexity index is 936. The van der Waals surface area contributed by atoms with Gasteiger partial charge in [-0.25, -0.2) is 0 Å². The minimum absolute atomic E-state index is 0.0295. The Labute approximate surface area is 170 Å². The Morgan fingerprint density at radius 1 is 1.14 bits per heavy atom. The van der Waals surface area contributed by atoms with Crippen LogP contribution in [0.5, 0.6) is 0 Å². The van der Waals surface area contributed by atoms with Gasteiger partial charge in [0, 0.05) is 16.1 Å². The van der Waals surface area contributed by atoms with Crippen LogP contribution in [-0.2, 0) is 12.6 Å². The van der Waals surface area contributed by atoms with Crippen molar-refractivity contribution < 1.29 is 17.7 Å². The van der Waals surface area contributed by atoms with Crippen molar-refractivity contribution >= 4 is 21.6 Å². The Kier molecular flexibility index (Phi) is 6.13. The first-order valence-electron chi connectivity index (χ1n) is 8.89.